The van der Waals surface area contributed by atoms with Gasteiger partial charge in [0.2, 0.25) is 5.91 Å². The molecule has 0 bridgehead atoms. The minimum Gasteiger partial charge on any atom is -0.497 e. The number of nitrogens with zero attached hydrogens (tertiary/aromatic N) is 3. The fourth-order valence-corrected chi connectivity index (χ4v) is 3.70. The Bertz CT molecular complexity index is 699. The number of benzene rings is 1. The first kappa shape index (κ1) is 20.5. The van der Waals surface area contributed by atoms with Gasteiger partial charge >= 0.3 is 0 Å². The Kier molecular flexibility index (Phi) is 7.68. The van der Waals surface area contributed by atoms with Gasteiger partial charge in [-0.25, -0.2) is 4.98 Å². The first-order valence-electron chi connectivity index (χ1n) is 8.47. The van der Waals surface area contributed by atoms with Crippen LogP contribution in [0.1, 0.15) is 16.9 Å². The number of aryl methyl sites for hydroxylation is 1. The van der Waals surface area contributed by atoms with E-state index in [1.807, 2.05) is 35.4 Å². The molecule has 1 aliphatic heterocycles. The van der Waals surface area contributed by atoms with Gasteiger partial charge in [0.05, 0.1) is 7.11 Å². The Morgan fingerprint density at radius 3 is 2.50 bits per heavy atom. The lowest BCUT2D eigenvalue weighted by Crippen LogP contribution is -2.48. The van der Waals surface area contributed by atoms with Crippen LogP contribution in [0.4, 0.5) is 5.13 Å². The summed E-state index contributed by atoms with van der Waals surface area (Å²) in [6.45, 7) is 4.23. The maximum atomic E-state index is 12.4. The summed E-state index contributed by atoms with van der Waals surface area (Å²) in [7, 11) is 1.65. The predicted octanol–water partition coefficient (Wildman–Crippen LogP) is 2.43. The van der Waals surface area contributed by atoms with Gasteiger partial charge in [0.25, 0.3) is 0 Å². The Labute approximate surface area is 164 Å². The van der Waals surface area contributed by atoms with Crippen LogP contribution >= 0.6 is 23.7 Å². The molecule has 0 saturated carbocycles. The largest absolute Gasteiger partial charge is 0.497 e. The lowest BCUT2D eigenvalue weighted by Gasteiger charge is -2.34. The third-order valence-electron chi connectivity index (χ3n) is 4.46. The summed E-state index contributed by atoms with van der Waals surface area (Å²) >= 11 is 1.53. The Balaban J connectivity index is 0.00000243. The molecule has 1 saturated heterocycles. The fraction of sp³-hybridized carbons (Fsp3) is 0.444. The van der Waals surface area contributed by atoms with Crippen LogP contribution in [0.5, 0.6) is 5.75 Å². The molecule has 0 aliphatic carbocycles. The van der Waals surface area contributed by atoms with Gasteiger partial charge in [0.1, 0.15) is 5.75 Å². The van der Waals surface area contributed by atoms with Gasteiger partial charge in [0.15, 0.2) is 5.13 Å². The van der Waals surface area contributed by atoms with Crippen molar-refractivity contribution in [2.75, 3.05) is 39.0 Å². The first-order valence-corrected chi connectivity index (χ1v) is 9.29. The molecule has 0 atom stereocenters. The van der Waals surface area contributed by atoms with Crippen LogP contribution in [0.25, 0.3) is 0 Å². The molecule has 1 aliphatic rings. The summed E-state index contributed by atoms with van der Waals surface area (Å²) in [5, 5.41) is 0.613. The minimum absolute atomic E-state index is 0. The van der Waals surface area contributed by atoms with Crippen LogP contribution in [0, 0.1) is 0 Å². The molecular weight excluding hydrogens is 372 g/mol. The predicted molar refractivity (Wildman–Crippen MR) is 107 cm³/mol. The van der Waals surface area contributed by atoms with Crippen LogP contribution in [-0.2, 0) is 17.8 Å². The second kappa shape index (κ2) is 9.75. The van der Waals surface area contributed by atoms with E-state index in [0.717, 1.165) is 50.5 Å². The van der Waals surface area contributed by atoms with Crippen molar-refractivity contribution in [3.8, 4) is 5.75 Å². The van der Waals surface area contributed by atoms with Crippen LogP contribution in [0.3, 0.4) is 0 Å². The zero-order chi connectivity index (χ0) is 17.6. The molecule has 2 N–H and O–H groups in total. The SMILES string of the molecule is COc1ccc(CCC(=O)N2CCN(Cc3cnc(N)s3)CC2)cc1.Cl. The van der Waals surface area contributed by atoms with Gasteiger partial charge < -0.3 is 15.4 Å². The number of hydrogen-bond donors (Lipinski definition) is 1. The van der Waals surface area contributed by atoms with Crippen molar-refractivity contribution in [1.29, 1.82) is 0 Å². The summed E-state index contributed by atoms with van der Waals surface area (Å²) in [5.41, 5.74) is 6.83. The molecule has 1 amide bonds. The van der Waals surface area contributed by atoms with Gasteiger partial charge in [-0.1, -0.05) is 12.1 Å². The number of nitrogens with two attached hydrogens (primary N) is 1. The van der Waals surface area contributed by atoms with Crippen molar-refractivity contribution in [2.45, 2.75) is 19.4 Å². The van der Waals surface area contributed by atoms with Gasteiger partial charge in [-0.3, -0.25) is 9.69 Å². The van der Waals surface area contributed by atoms with Gasteiger partial charge in [0, 0.05) is 50.2 Å². The number of aromatic nitrogens is 1. The van der Waals surface area contributed by atoms with Crippen molar-refractivity contribution in [3.05, 3.63) is 40.9 Å². The van der Waals surface area contributed by atoms with E-state index in [1.54, 1.807) is 7.11 Å². The van der Waals surface area contributed by atoms with E-state index >= 15 is 0 Å². The highest BCUT2D eigenvalue weighted by molar-refractivity contribution is 7.15. The summed E-state index contributed by atoms with van der Waals surface area (Å²) < 4.78 is 5.15. The average Bonchev–Trinajstić information content (AvgIpc) is 3.05. The van der Waals surface area contributed by atoms with Crippen molar-refractivity contribution < 1.29 is 9.53 Å². The lowest BCUT2D eigenvalue weighted by molar-refractivity contribution is -0.132. The van der Waals surface area contributed by atoms with Gasteiger partial charge in [-0.05, 0) is 24.1 Å². The van der Waals surface area contributed by atoms with E-state index in [1.165, 1.54) is 16.2 Å². The van der Waals surface area contributed by atoms with E-state index in [-0.39, 0.29) is 18.3 Å². The monoisotopic (exact) mass is 396 g/mol. The Hall–Kier alpha value is -1.83. The Morgan fingerprint density at radius 2 is 1.92 bits per heavy atom. The van der Waals surface area contributed by atoms with Gasteiger partial charge in [-0.2, -0.15) is 0 Å². The number of halogens is 1. The Morgan fingerprint density at radius 1 is 1.23 bits per heavy atom. The number of piperazine rings is 1. The summed E-state index contributed by atoms with van der Waals surface area (Å²) in [5.74, 6) is 1.08. The van der Waals surface area contributed by atoms with Gasteiger partial charge in [-0.15, -0.1) is 23.7 Å². The smallest absolute Gasteiger partial charge is 0.222 e. The second-order valence-corrected chi connectivity index (χ2v) is 7.32. The molecule has 2 heterocycles. The molecule has 0 radical (unpaired) electrons. The third kappa shape index (κ3) is 5.59. The van der Waals surface area contributed by atoms with Crippen molar-refractivity contribution in [1.82, 2.24) is 14.8 Å². The molecule has 1 fully saturated rings. The minimum atomic E-state index is 0. The highest BCUT2D eigenvalue weighted by Crippen LogP contribution is 2.18. The number of ether oxygens (including phenoxy) is 1. The normalized spacial score (nSPS) is 14.7. The molecule has 26 heavy (non-hydrogen) atoms. The molecule has 3 rings (SSSR count). The molecule has 2 aromatic rings. The molecule has 6 nitrogen and oxygen atoms in total. The van der Waals surface area contributed by atoms with Crippen LogP contribution in [0.2, 0.25) is 0 Å². The third-order valence-corrected chi connectivity index (χ3v) is 5.27. The number of thiazole rings is 1. The first-order chi connectivity index (χ1) is 12.1. The second-order valence-electron chi connectivity index (χ2n) is 6.17. The zero-order valence-electron chi connectivity index (χ0n) is 14.9. The summed E-state index contributed by atoms with van der Waals surface area (Å²) in [6.07, 6.45) is 3.16. The van der Waals surface area contributed by atoms with Crippen LogP contribution in [-0.4, -0.2) is 54.0 Å². The highest BCUT2D eigenvalue weighted by Gasteiger charge is 2.21. The van der Waals surface area contributed by atoms with Crippen molar-refractivity contribution >= 4 is 34.8 Å². The van der Waals surface area contributed by atoms with E-state index in [0.29, 0.717) is 11.6 Å². The van der Waals surface area contributed by atoms with Crippen molar-refractivity contribution in [2.24, 2.45) is 0 Å². The molecule has 0 unspecified atom stereocenters. The quantitative estimate of drug-likeness (QED) is 0.811. The molecule has 1 aromatic carbocycles. The number of carbonyl (C=O) groups excluding carboxylic acids is 1. The number of amides is 1. The number of anilines is 1. The number of methoxy groups -OCH3 is 1. The highest BCUT2D eigenvalue weighted by atomic mass is 35.5. The fourth-order valence-electron chi connectivity index (χ4n) is 2.97. The lowest BCUT2D eigenvalue weighted by atomic mass is 10.1. The van der Waals surface area contributed by atoms with E-state index < -0.39 is 0 Å². The summed E-state index contributed by atoms with van der Waals surface area (Å²) in [4.78, 5) is 22.0. The van der Waals surface area contributed by atoms with Crippen LogP contribution < -0.4 is 10.5 Å². The van der Waals surface area contributed by atoms with Crippen molar-refractivity contribution in [3.63, 3.8) is 0 Å². The maximum absolute atomic E-state index is 12.4. The molecule has 142 valence electrons. The molecule has 1 aromatic heterocycles. The number of carbonyl (C=O) groups is 1. The summed E-state index contributed by atoms with van der Waals surface area (Å²) in [6, 6.07) is 7.91. The molecule has 0 spiro atoms. The maximum Gasteiger partial charge on any atom is 0.222 e. The number of hydrogen-bond acceptors (Lipinski definition) is 6. The topological polar surface area (TPSA) is 71.7 Å². The standard InChI is InChI=1S/C18H24N4O2S.ClH/c1-24-15-5-2-14(3-6-15)4-7-17(23)22-10-8-21(9-11-22)13-16-12-20-18(19)25-16;/h2-3,5-6,12H,4,7-11,13H2,1H3,(H2,19,20);1H. The molecular formula is C18H25ClN4O2S. The number of rotatable bonds is 6. The number of nitrogen functional groups attached to an aromatic ring is 1. The zero-order valence-corrected chi connectivity index (χ0v) is 16.5. The molecule has 8 heteroatoms. The van der Waals surface area contributed by atoms with E-state index in [9.17, 15) is 4.79 Å². The van der Waals surface area contributed by atoms with Crippen LogP contribution in [0.15, 0.2) is 30.5 Å². The van der Waals surface area contributed by atoms with E-state index in [2.05, 4.69) is 9.88 Å². The average molecular weight is 397 g/mol. The van der Waals surface area contributed by atoms with E-state index in [4.69, 9.17) is 10.5 Å².